The summed E-state index contributed by atoms with van der Waals surface area (Å²) in [6.45, 7) is 2.95. The molecule has 3 aromatic rings. The van der Waals surface area contributed by atoms with Crippen LogP contribution < -0.4 is 16.2 Å². The third-order valence-corrected chi connectivity index (χ3v) is 4.19. The molecular weight excluding hydrogens is 342 g/mol. The molecule has 138 valence electrons. The van der Waals surface area contributed by atoms with Crippen molar-refractivity contribution in [1.29, 1.82) is 0 Å². The van der Waals surface area contributed by atoms with Crippen molar-refractivity contribution in [2.45, 2.75) is 19.9 Å². The molecule has 0 spiro atoms. The van der Waals surface area contributed by atoms with Crippen molar-refractivity contribution in [2.24, 2.45) is 0 Å². The molecule has 3 rings (SSSR count). The van der Waals surface area contributed by atoms with E-state index in [4.69, 9.17) is 0 Å². The number of aromatic amines is 1. The largest absolute Gasteiger partial charge is 0.381 e. The Labute approximate surface area is 156 Å². The molecule has 0 unspecified atom stereocenters. The van der Waals surface area contributed by atoms with Crippen LogP contribution in [0.4, 0.5) is 5.69 Å². The van der Waals surface area contributed by atoms with E-state index in [1.54, 1.807) is 12.3 Å². The van der Waals surface area contributed by atoms with Crippen molar-refractivity contribution in [1.82, 2.24) is 20.3 Å². The van der Waals surface area contributed by atoms with Crippen molar-refractivity contribution in [2.75, 3.05) is 11.9 Å². The van der Waals surface area contributed by atoms with Gasteiger partial charge in [0, 0.05) is 54.9 Å². The molecule has 0 radical (unpaired) electrons. The third-order valence-electron chi connectivity index (χ3n) is 4.19. The molecule has 0 atom stereocenters. The van der Waals surface area contributed by atoms with Gasteiger partial charge in [0.05, 0.1) is 6.33 Å². The lowest BCUT2D eigenvalue weighted by Crippen LogP contribution is -2.27. The molecule has 0 aliphatic carbocycles. The second-order valence-corrected chi connectivity index (χ2v) is 6.10. The maximum atomic E-state index is 12.5. The first-order valence-electron chi connectivity index (χ1n) is 8.67. The smallest absolute Gasteiger partial charge is 0.251 e. The zero-order valence-electron chi connectivity index (χ0n) is 15.0. The molecule has 7 nitrogen and oxygen atoms in total. The van der Waals surface area contributed by atoms with Gasteiger partial charge in [-0.25, -0.2) is 4.98 Å². The molecule has 0 saturated carbocycles. The number of benzene rings is 1. The lowest BCUT2D eigenvalue weighted by atomic mass is 10.1. The molecule has 3 N–H and O–H groups in total. The summed E-state index contributed by atoms with van der Waals surface area (Å²) in [4.78, 5) is 34.4. The van der Waals surface area contributed by atoms with Gasteiger partial charge in [-0.2, -0.15) is 0 Å². The van der Waals surface area contributed by atoms with E-state index in [-0.39, 0.29) is 11.5 Å². The molecule has 1 aromatic carbocycles. The minimum atomic E-state index is -0.199. The number of hydrogen-bond acceptors (Lipinski definition) is 5. The number of H-pyrrole nitrogens is 1. The Kier molecular flexibility index (Phi) is 5.94. The molecule has 2 heterocycles. The fourth-order valence-electron chi connectivity index (χ4n) is 2.72. The quantitative estimate of drug-likeness (QED) is 0.597. The fourth-order valence-corrected chi connectivity index (χ4v) is 2.72. The number of pyridine rings is 1. The summed E-state index contributed by atoms with van der Waals surface area (Å²) in [5.41, 5.74) is 3.91. The summed E-state index contributed by atoms with van der Waals surface area (Å²) in [5.74, 6) is -0.151. The van der Waals surface area contributed by atoms with Crippen LogP contribution >= 0.6 is 0 Å². The highest BCUT2D eigenvalue weighted by Gasteiger charge is 2.11. The topological polar surface area (TPSA) is 99.8 Å². The van der Waals surface area contributed by atoms with Gasteiger partial charge in [-0.1, -0.05) is 12.1 Å². The summed E-state index contributed by atoms with van der Waals surface area (Å²) in [7, 11) is 0. The van der Waals surface area contributed by atoms with E-state index in [1.165, 1.54) is 12.4 Å². The van der Waals surface area contributed by atoms with Crippen LogP contribution in [0.25, 0.3) is 0 Å². The van der Waals surface area contributed by atoms with Crippen molar-refractivity contribution in [3.63, 3.8) is 0 Å². The number of carbonyl (C=O) groups is 1. The predicted molar refractivity (Wildman–Crippen MR) is 104 cm³/mol. The summed E-state index contributed by atoms with van der Waals surface area (Å²) < 4.78 is 0. The molecular formula is C20H21N5O2. The Morgan fingerprint density at radius 1 is 1.22 bits per heavy atom. The lowest BCUT2D eigenvalue weighted by Gasteiger charge is -2.13. The number of hydrogen-bond donors (Lipinski definition) is 3. The lowest BCUT2D eigenvalue weighted by molar-refractivity contribution is 0.0953. The number of carbonyl (C=O) groups excluding carboxylic acids is 1. The number of nitrogens with one attached hydrogen (secondary N) is 3. The molecule has 0 aliphatic heterocycles. The molecule has 0 fully saturated rings. The van der Waals surface area contributed by atoms with Crippen molar-refractivity contribution in [3.05, 3.63) is 87.9 Å². The number of anilines is 1. The van der Waals surface area contributed by atoms with Gasteiger partial charge in [0.25, 0.3) is 11.5 Å². The molecule has 2 aromatic heterocycles. The van der Waals surface area contributed by atoms with E-state index in [0.717, 1.165) is 16.8 Å². The van der Waals surface area contributed by atoms with Gasteiger partial charge in [0.1, 0.15) is 0 Å². The number of aromatic nitrogens is 3. The van der Waals surface area contributed by atoms with E-state index >= 15 is 0 Å². The number of nitrogens with zero attached hydrogens (tertiary/aromatic N) is 2. The van der Waals surface area contributed by atoms with Crippen molar-refractivity contribution >= 4 is 11.6 Å². The SMILES string of the molecule is Cc1c(NCc2cccnc2)cccc1C(=O)NCCc1cc(=O)[nH]cn1. The second-order valence-electron chi connectivity index (χ2n) is 6.10. The normalized spacial score (nSPS) is 10.4. The van der Waals surface area contributed by atoms with Crippen LogP contribution in [0.5, 0.6) is 0 Å². The van der Waals surface area contributed by atoms with Gasteiger partial charge in [-0.3, -0.25) is 14.6 Å². The van der Waals surface area contributed by atoms with Gasteiger partial charge in [0.2, 0.25) is 0 Å². The fraction of sp³-hybridized carbons (Fsp3) is 0.200. The van der Waals surface area contributed by atoms with Crippen LogP contribution in [0.2, 0.25) is 0 Å². The van der Waals surface area contributed by atoms with Gasteiger partial charge >= 0.3 is 0 Å². The van der Waals surface area contributed by atoms with Crippen LogP contribution in [0, 0.1) is 6.92 Å². The summed E-state index contributed by atoms with van der Waals surface area (Å²) in [6, 6.07) is 10.9. The summed E-state index contributed by atoms with van der Waals surface area (Å²) in [5, 5.41) is 6.22. The average Bonchev–Trinajstić information content (AvgIpc) is 2.68. The molecule has 27 heavy (non-hydrogen) atoms. The zero-order chi connectivity index (χ0) is 19.1. The minimum Gasteiger partial charge on any atom is -0.381 e. The minimum absolute atomic E-state index is 0.151. The van der Waals surface area contributed by atoms with Gasteiger partial charge in [-0.05, 0) is 36.2 Å². The second kappa shape index (κ2) is 8.75. The Morgan fingerprint density at radius 3 is 2.89 bits per heavy atom. The van der Waals surface area contributed by atoms with Gasteiger partial charge in [0.15, 0.2) is 0 Å². The average molecular weight is 363 g/mol. The van der Waals surface area contributed by atoms with Crippen molar-refractivity contribution < 1.29 is 4.79 Å². The first-order valence-corrected chi connectivity index (χ1v) is 8.67. The molecule has 0 bridgehead atoms. The zero-order valence-corrected chi connectivity index (χ0v) is 15.0. The first kappa shape index (κ1) is 18.3. The van der Waals surface area contributed by atoms with Crippen LogP contribution in [0.15, 0.2) is 59.9 Å². The Hall–Kier alpha value is -3.48. The van der Waals surface area contributed by atoms with E-state index in [1.807, 2.05) is 37.4 Å². The van der Waals surface area contributed by atoms with Crippen LogP contribution in [0.3, 0.4) is 0 Å². The molecule has 1 amide bonds. The highest BCUT2D eigenvalue weighted by Crippen LogP contribution is 2.19. The maximum Gasteiger partial charge on any atom is 0.251 e. The van der Waals surface area contributed by atoms with E-state index < -0.39 is 0 Å². The molecule has 0 aliphatic rings. The number of amides is 1. The highest BCUT2D eigenvalue weighted by atomic mass is 16.1. The third kappa shape index (κ3) is 5.01. The predicted octanol–water partition coefficient (Wildman–Crippen LogP) is 2.06. The first-order chi connectivity index (χ1) is 13.1. The molecule has 0 saturated heterocycles. The Bertz CT molecular complexity index is 969. The van der Waals surface area contributed by atoms with Crippen molar-refractivity contribution in [3.8, 4) is 0 Å². The Morgan fingerprint density at radius 2 is 2.11 bits per heavy atom. The monoisotopic (exact) mass is 363 g/mol. The Balaban J connectivity index is 1.60. The van der Waals surface area contributed by atoms with Crippen LogP contribution in [-0.4, -0.2) is 27.4 Å². The maximum absolute atomic E-state index is 12.5. The van der Waals surface area contributed by atoms with Crippen LogP contribution in [0.1, 0.15) is 27.2 Å². The van der Waals surface area contributed by atoms with Gasteiger partial charge in [-0.15, -0.1) is 0 Å². The van der Waals surface area contributed by atoms with E-state index in [0.29, 0.717) is 30.8 Å². The molecule has 7 heteroatoms. The van der Waals surface area contributed by atoms with Crippen LogP contribution in [-0.2, 0) is 13.0 Å². The summed E-state index contributed by atoms with van der Waals surface area (Å²) >= 11 is 0. The van der Waals surface area contributed by atoms with Gasteiger partial charge < -0.3 is 15.6 Å². The number of rotatable bonds is 7. The standard InChI is InChI=1S/C20H21N5O2/c1-14-17(20(27)22-9-7-16-10-19(26)25-13-24-16)5-2-6-18(14)23-12-15-4-3-8-21-11-15/h2-6,8,10-11,13,23H,7,9,12H2,1H3,(H,22,27)(H,24,25,26). The van der Waals surface area contributed by atoms with E-state index in [9.17, 15) is 9.59 Å². The van der Waals surface area contributed by atoms with E-state index in [2.05, 4.69) is 25.6 Å². The highest BCUT2D eigenvalue weighted by molar-refractivity contribution is 5.97. The summed E-state index contributed by atoms with van der Waals surface area (Å²) in [6.07, 6.45) is 5.40.